The van der Waals surface area contributed by atoms with Gasteiger partial charge in [0.1, 0.15) is 0 Å². The minimum atomic E-state index is -0.271. The number of hydrogen-bond acceptors (Lipinski definition) is 2. The maximum atomic E-state index is 11.6. The summed E-state index contributed by atoms with van der Waals surface area (Å²) in [6.45, 7) is 1.81. The molecule has 1 amide bonds. The van der Waals surface area contributed by atoms with Crippen molar-refractivity contribution in [1.29, 1.82) is 0 Å². The van der Waals surface area contributed by atoms with Gasteiger partial charge >= 0.3 is 0 Å². The standard InChI is InChI=1S/C13H15Cl2NO2/c1-2-11(8-17)16-13(18)6-3-9-7-10(14)4-5-12(9)15/h3-7,11,17H,2,8H2,1H3,(H,16,18)/b6-3+. The molecule has 18 heavy (non-hydrogen) atoms. The van der Waals surface area contributed by atoms with E-state index in [1.807, 2.05) is 6.92 Å². The second kappa shape index (κ2) is 7.41. The summed E-state index contributed by atoms with van der Waals surface area (Å²) in [5, 5.41) is 12.7. The second-order valence-corrected chi connectivity index (χ2v) is 4.64. The zero-order valence-electron chi connectivity index (χ0n) is 9.99. The number of amides is 1. The second-order valence-electron chi connectivity index (χ2n) is 3.80. The summed E-state index contributed by atoms with van der Waals surface area (Å²) < 4.78 is 0. The predicted molar refractivity (Wildman–Crippen MR) is 74.8 cm³/mol. The van der Waals surface area contributed by atoms with Crippen LogP contribution < -0.4 is 5.32 Å². The summed E-state index contributed by atoms with van der Waals surface area (Å²) in [4.78, 5) is 11.6. The van der Waals surface area contributed by atoms with Gasteiger partial charge in [-0.2, -0.15) is 0 Å². The highest BCUT2D eigenvalue weighted by atomic mass is 35.5. The largest absolute Gasteiger partial charge is 0.394 e. The van der Waals surface area contributed by atoms with Crippen LogP contribution in [0.4, 0.5) is 0 Å². The van der Waals surface area contributed by atoms with Crippen LogP contribution in [0.3, 0.4) is 0 Å². The van der Waals surface area contributed by atoms with Gasteiger partial charge in [0.05, 0.1) is 12.6 Å². The Hall–Kier alpha value is -1.03. The third-order valence-electron chi connectivity index (χ3n) is 2.43. The molecule has 3 nitrogen and oxygen atoms in total. The van der Waals surface area contributed by atoms with Crippen molar-refractivity contribution in [2.75, 3.05) is 6.61 Å². The van der Waals surface area contributed by atoms with E-state index < -0.39 is 0 Å². The van der Waals surface area contributed by atoms with Crippen LogP contribution in [-0.2, 0) is 4.79 Å². The number of carbonyl (C=O) groups excluding carboxylic acids is 1. The monoisotopic (exact) mass is 287 g/mol. The molecule has 1 aromatic rings. The van der Waals surface area contributed by atoms with Crippen LogP contribution in [0, 0.1) is 0 Å². The van der Waals surface area contributed by atoms with Gasteiger partial charge in [-0.15, -0.1) is 0 Å². The lowest BCUT2D eigenvalue weighted by atomic mass is 10.2. The summed E-state index contributed by atoms with van der Waals surface area (Å²) in [5.74, 6) is -0.271. The molecule has 2 N–H and O–H groups in total. The van der Waals surface area contributed by atoms with Gasteiger partial charge < -0.3 is 10.4 Å². The molecule has 0 heterocycles. The molecule has 1 rings (SSSR count). The van der Waals surface area contributed by atoms with Gasteiger partial charge in [0.15, 0.2) is 0 Å². The minimum absolute atomic E-state index is 0.0754. The smallest absolute Gasteiger partial charge is 0.244 e. The van der Waals surface area contributed by atoms with Crippen molar-refractivity contribution in [1.82, 2.24) is 5.32 Å². The van der Waals surface area contributed by atoms with Gasteiger partial charge in [-0.25, -0.2) is 0 Å². The maximum absolute atomic E-state index is 11.6. The number of benzene rings is 1. The van der Waals surface area contributed by atoms with Crippen molar-refractivity contribution in [3.05, 3.63) is 39.9 Å². The Labute approximate surface area is 116 Å². The normalized spacial score (nSPS) is 12.7. The first-order valence-corrected chi connectivity index (χ1v) is 6.37. The fraction of sp³-hybridized carbons (Fsp3) is 0.308. The molecule has 0 bridgehead atoms. The van der Waals surface area contributed by atoms with E-state index in [9.17, 15) is 4.79 Å². The molecule has 0 radical (unpaired) electrons. The van der Waals surface area contributed by atoms with E-state index in [0.29, 0.717) is 22.0 Å². The first kappa shape index (κ1) is 15.0. The van der Waals surface area contributed by atoms with Crippen LogP contribution >= 0.6 is 23.2 Å². The highest BCUT2D eigenvalue weighted by molar-refractivity contribution is 6.34. The molecule has 0 aliphatic carbocycles. The molecule has 0 aromatic heterocycles. The molecule has 0 spiro atoms. The Balaban J connectivity index is 2.68. The number of halogens is 2. The van der Waals surface area contributed by atoms with E-state index in [1.54, 1.807) is 24.3 Å². The maximum Gasteiger partial charge on any atom is 0.244 e. The summed E-state index contributed by atoms with van der Waals surface area (Å²) >= 11 is 11.8. The SMILES string of the molecule is CCC(CO)NC(=O)/C=C/c1cc(Cl)ccc1Cl. The lowest BCUT2D eigenvalue weighted by molar-refractivity contribution is -0.117. The lowest BCUT2D eigenvalue weighted by Crippen LogP contribution is -2.35. The molecule has 1 atom stereocenters. The van der Waals surface area contributed by atoms with Gasteiger partial charge in [-0.05, 0) is 36.3 Å². The highest BCUT2D eigenvalue weighted by Gasteiger charge is 2.06. The third-order valence-corrected chi connectivity index (χ3v) is 3.01. The van der Waals surface area contributed by atoms with Crippen LogP contribution in [0.2, 0.25) is 10.0 Å². The van der Waals surface area contributed by atoms with Crippen LogP contribution in [0.1, 0.15) is 18.9 Å². The Kier molecular flexibility index (Phi) is 6.19. The van der Waals surface area contributed by atoms with Crippen LogP contribution in [-0.4, -0.2) is 23.7 Å². The van der Waals surface area contributed by atoms with E-state index in [0.717, 1.165) is 0 Å². The van der Waals surface area contributed by atoms with Crippen molar-refractivity contribution in [3.63, 3.8) is 0 Å². The van der Waals surface area contributed by atoms with Crippen molar-refractivity contribution < 1.29 is 9.90 Å². The van der Waals surface area contributed by atoms with Gasteiger partial charge in [0.2, 0.25) is 5.91 Å². The van der Waals surface area contributed by atoms with Gasteiger partial charge in [0.25, 0.3) is 0 Å². The summed E-state index contributed by atoms with van der Waals surface area (Å²) in [7, 11) is 0. The first-order valence-electron chi connectivity index (χ1n) is 5.61. The summed E-state index contributed by atoms with van der Waals surface area (Å²) in [6, 6.07) is 4.80. The molecule has 0 aliphatic rings. The van der Waals surface area contributed by atoms with Crippen molar-refractivity contribution in [2.24, 2.45) is 0 Å². The first-order chi connectivity index (χ1) is 8.56. The molecule has 98 valence electrons. The molecule has 1 unspecified atom stereocenters. The number of rotatable bonds is 5. The highest BCUT2D eigenvalue weighted by Crippen LogP contribution is 2.21. The molecule has 0 aliphatic heterocycles. The van der Waals surface area contributed by atoms with E-state index in [-0.39, 0.29) is 18.6 Å². The number of carbonyl (C=O) groups is 1. The van der Waals surface area contributed by atoms with Crippen molar-refractivity contribution in [3.8, 4) is 0 Å². The molecular formula is C13H15Cl2NO2. The lowest BCUT2D eigenvalue weighted by Gasteiger charge is -2.11. The zero-order chi connectivity index (χ0) is 13.5. The van der Waals surface area contributed by atoms with E-state index >= 15 is 0 Å². The third kappa shape index (κ3) is 4.69. The topological polar surface area (TPSA) is 49.3 Å². The number of hydrogen-bond donors (Lipinski definition) is 2. The number of aliphatic hydroxyl groups excluding tert-OH is 1. The fourth-order valence-corrected chi connectivity index (χ4v) is 1.69. The molecule has 0 saturated heterocycles. The Morgan fingerprint density at radius 3 is 2.83 bits per heavy atom. The van der Waals surface area contributed by atoms with Crippen LogP contribution in [0.5, 0.6) is 0 Å². The molecule has 0 saturated carbocycles. The average Bonchev–Trinajstić information content (AvgIpc) is 2.37. The van der Waals surface area contributed by atoms with E-state index in [2.05, 4.69) is 5.32 Å². The molecule has 1 aromatic carbocycles. The van der Waals surface area contributed by atoms with Gasteiger partial charge in [-0.3, -0.25) is 4.79 Å². The summed E-state index contributed by atoms with van der Waals surface area (Å²) in [6.07, 6.45) is 3.64. The van der Waals surface area contributed by atoms with Crippen LogP contribution in [0.25, 0.3) is 6.08 Å². The number of nitrogens with one attached hydrogen (secondary N) is 1. The Bertz CT molecular complexity index is 443. The molecule has 0 fully saturated rings. The fourth-order valence-electron chi connectivity index (χ4n) is 1.33. The van der Waals surface area contributed by atoms with Crippen molar-refractivity contribution in [2.45, 2.75) is 19.4 Å². The Morgan fingerprint density at radius 2 is 2.22 bits per heavy atom. The molecule has 5 heteroatoms. The predicted octanol–water partition coefficient (Wildman–Crippen LogP) is 2.89. The quantitative estimate of drug-likeness (QED) is 0.818. The summed E-state index contributed by atoms with van der Waals surface area (Å²) in [5.41, 5.74) is 0.677. The zero-order valence-corrected chi connectivity index (χ0v) is 11.5. The van der Waals surface area contributed by atoms with Crippen LogP contribution in [0.15, 0.2) is 24.3 Å². The van der Waals surface area contributed by atoms with Gasteiger partial charge in [0, 0.05) is 16.1 Å². The number of aliphatic hydroxyl groups is 1. The Morgan fingerprint density at radius 1 is 1.50 bits per heavy atom. The average molecular weight is 288 g/mol. The van der Waals surface area contributed by atoms with Crippen molar-refractivity contribution >= 4 is 35.2 Å². The van der Waals surface area contributed by atoms with E-state index in [4.69, 9.17) is 28.3 Å². The van der Waals surface area contributed by atoms with Gasteiger partial charge in [-0.1, -0.05) is 30.1 Å². The minimum Gasteiger partial charge on any atom is -0.394 e. The molecular weight excluding hydrogens is 273 g/mol. The van der Waals surface area contributed by atoms with E-state index in [1.165, 1.54) is 6.08 Å².